The van der Waals surface area contributed by atoms with E-state index in [0.29, 0.717) is 25.8 Å². The van der Waals surface area contributed by atoms with Crippen LogP contribution in [0.1, 0.15) is 45.4 Å². The Morgan fingerprint density at radius 2 is 1.47 bits per heavy atom. The van der Waals surface area contributed by atoms with Crippen molar-refractivity contribution in [3.05, 3.63) is 0 Å². The lowest BCUT2D eigenvalue weighted by Gasteiger charge is -2.22. The summed E-state index contributed by atoms with van der Waals surface area (Å²) in [6, 6.07) is -5.04. The molecule has 204 valence electrons. The third-order valence-electron chi connectivity index (χ3n) is 4.81. The van der Waals surface area contributed by atoms with Gasteiger partial charge in [-0.05, 0) is 32.7 Å². The quantitative estimate of drug-likeness (QED) is 0.0786. The Morgan fingerprint density at radius 3 is 2.00 bits per heavy atom. The molecule has 0 spiro atoms. The van der Waals surface area contributed by atoms with Crippen molar-refractivity contribution >= 4 is 41.5 Å². The summed E-state index contributed by atoms with van der Waals surface area (Å²) in [5.41, 5.74) is 16.3. The summed E-state index contributed by atoms with van der Waals surface area (Å²) in [5, 5.41) is 26.5. The smallest absolute Gasteiger partial charge is 0.326 e. The Labute approximate surface area is 207 Å². The number of carboxylic acid groups (broad SMARTS) is 2. The number of hydrogen-bond acceptors (Lipinski definition) is 9. The first kappa shape index (κ1) is 32.2. The number of carbonyl (C=O) groups is 7. The van der Waals surface area contributed by atoms with Crippen molar-refractivity contribution < 1.29 is 43.8 Å². The van der Waals surface area contributed by atoms with Gasteiger partial charge in [0.2, 0.25) is 29.5 Å². The maximum atomic E-state index is 12.6. The summed E-state index contributed by atoms with van der Waals surface area (Å²) in [6.45, 7) is 1.02. The number of nitrogens with one attached hydrogen (secondary N) is 4. The highest BCUT2D eigenvalue weighted by molar-refractivity contribution is 5.94. The first-order valence-electron chi connectivity index (χ1n) is 11.1. The number of aliphatic carboxylic acids is 2. The number of carbonyl (C=O) groups excluding carboxylic acids is 5. The summed E-state index contributed by atoms with van der Waals surface area (Å²) < 4.78 is 0. The minimum atomic E-state index is -1.69. The monoisotopic (exact) mass is 517 g/mol. The molecule has 0 aromatic rings. The Hall–Kier alpha value is -3.79. The van der Waals surface area contributed by atoms with Crippen molar-refractivity contribution in [3.8, 4) is 0 Å². The molecule has 0 aliphatic heterocycles. The fourth-order valence-corrected chi connectivity index (χ4v) is 2.79. The molecule has 0 aliphatic rings. The van der Waals surface area contributed by atoms with Gasteiger partial charge in [0, 0.05) is 6.42 Å². The van der Waals surface area contributed by atoms with E-state index in [4.69, 9.17) is 27.4 Å². The van der Waals surface area contributed by atoms with E-state index in [2.05, 4.69) is 16.0 Å². The van der Waals surface area contributed by atoms with Crippen LogP contribution in [0.5, 0.6) is 0 Å². The standard InChI is InChI=1S/C20H35N7O9/c1-10(17(32)24-9-15(29)26-13(20(35)36)8-16(30)31)25-19(34)12(5-6-14(23)28)27-18(33)11(22)4-2-3-7-21/h10-13H,2-9,21-22H2,1H3,(H2,23,28)(H,24,32)(H,25,34)(H,26,29)(H,27,33)(H,30,31)(H,35,36)/t10-,11-,12-,13-/m0/s1. The summed E-state index contributed by atoms with van der Waals surface area (Å²) in [5.74, 6) is -6.97. The molecule has 12 N–H and O–H groups in total. The Bertz CT molecular complexity index is 821. The van der Waals surface area contributed by atoms with E-state index < -0.39 is 78.6 Å². The molecular weight excluding hydrogens is 482 g/mol. The van der Waals surface area contributed by atoms with E-state index in [1.165, 1.54) is 6.92 Å². The predicted molar refractivity (Wildman–Crippen MR) is 124 cm³/mol. The molecule has 0 bridgehead atoms. The van der Waals surface area contributed by atoms with E-state index in [9.17, 15) is 33.6 Å². The van der Waals surface area contributed by atoms with E-state index in [1.807, 2.05) is 5.32 Å². The van der Waals surface area contributed by atoms with Crippen LogP contribution in [0, 0.1) is 0 Å². The number of hydrogen-bond donors (Lipinski definition) is 9. The van der Waals surface area contributed by atoms with Crippen LogP contribution in [0.4, 0.5) is 0 Å². The number of carboxylic acids is 2. The Balaban J connectivity index is 4.94. The molecule has 0 aromatic carbocycles. The normalized spacial score (nSPS) is 13.9. The van der Waals surface area contributed by atoms with E-state index in [-0.39, 0.29) is 12.8 Å². The lowest BCUT2D eigenvalue weighted by atomic mass is 10.1. The molecule has 16 heteroatoms. The van der Waals surface area contributed by atoms with Gasteiger partial charge in [0.15, 0.2) is 0 Å². The van der Waals surface area contributed by atoms with Gasteiger partial charge >= 0.3 is 11.9 Å². The average molecular weight is 518 g/mol. The summed E-state index contributed by atoms with van der Waals surface area (Å²) in [4.78, 5) is 81.9. The Morgan fingerprint density at radius 1 is 0.833 bits per heavy atom. The molecule has 0 saturated heterocycles. The zero-order valence-corrected chi connectivity index (χ0v) is 20.0. The maximum Gasteiger partial charge on any atom is 0.326 e. The lowest BCUT2D eigenvalue weighted by Crippen LogP contribution is -2.55. The molecule has 4 atom stereocenters. The number of unbranched alkanes of at least 4 members (excludes halogenated alkanes) is 1. The molecule has 0 unspecified atom stereocenters. The van der Waals surface area contributed by atoms with Crippen LogP contribution < -0.4 is 38.5 Å². The van der Waals surface area contributed by atoms with Gasteiger partial charge in [0.1, 0.15) is 18.1 Å². The van der Waals surface area contributed by atoms with Crippen LogP contribution in [-0.4, -0.2) is 88.9 Å². The van der Waals surface area contributed by atoms with Gasteiger partial charge in [-0.15, -0.1) is 0 Å². The Kier molecular flexibility index (Phi) is 15.0. The molecular formula is C20H35N7O9. The lowest BCUT2D eigenvalue weighted by molar-refractivity contribution is -0.147. The summed E-state index contributed by atoms with van der Waals surface area (Å²) in [6.07, 6.45) is 0.326. The maximum absolute atomic E-state index is 12.6. The zero-order valence-electron chi connectivity index (χ0n) is 20.0. The van der Waals surface area contributed by atoms with E-state index >= 15 is 0 Å². The highest BCUT2D eigenvalue weighted by atomic mass is 16.4. The van der Waals surface area contributed by atoms with Crippen molar-refractivity contribution in [1.82, 2.24) is 21.3 Å². The second-order valence-corrected chi connectivity index (χ2v) is 7.96. The van der Waals surface area contributed by atoms with Crippen LogP contribution in [0.2, 0.25) is 0 Å². The second kappa shape index (κ2) is 16.8. The molecule has 0 radical (unpaired) electrons. The number of nitrogens with two attached hydrogens (primary N) is 3. The van der Waals surface area contributed by atoms with Crippen molar-refractivity contribution in [2.75, 3.05) is 13.1 Å². The second-order valence-electron chi connectivity index (χ2n) is 7.96. The molecule has 0 saturated carbocycles. The molecule has 0 aromatic heterocycles. The third-order valence-corrected chi connectivity index (χ3v) is 4.81. The predicted octanol–water partition coefficient (Wildman–Crippen LogP) is -4.14. The molecule has 5 amide bonds. The van der Waals surface area contributed by atoms with Gasteiger partial charge in [-0.2, -0.15) is 0 Å². The third kappa shape index (κ3) is 13.8. The number of rotatable bonds is 18. The first-order valence-corrected chi connectivity index (χ1v) is 11.1. The van der Waals surface area contributed by atoms with Gasteiger partial charge in [-0.1, -0.05) is 6.42 Å². The van der Waals surface area contributed by atoms with Gasteiger partial charge in [0.25, 0.3) is 0 Å². The van der Waals surface area contributed by atoms with Gasteiger partial charge < -0.3 is 48.7 Å². The number of primary amides is 1. The fourth-order valence-electron chi connectivity index (χ4n) is 2.79. The summed E-state index contributed by atoms with van der Waals surface area (Å²) in [7, 11) is 0. The SMILES string of the molecule is C[C@H](NC(=O)[C@H](CCC(N)=O)NC(=O)[C@@H](N)CCCCN)C(=O)NCC(=O)N[C@@H](CC(=O)O)C(=O)O. The van der Waals surface area contributed by atoms with Crippen molar-refractivity contribution in [3.63, 3.8) is 0 Å². The van der Waals surface area contributed by atoms with Crippen molar-refractivity contribution in [2.45, 2.75) is 69.6 Å². The topological polar surface area (TPSA) is 286 Å². The average Bonchev–Trinajstić information content (AvgIpc) is 2.78. The van der Waals surface area contributed by atoms with Crippen molar-refractivity contribution in [1.29, 1.82) is 0 Å². The number of amides is 5. The largest absolute Gasteiger partial charge is 0.481 e. The molecule has 16 nitrogen and oxygen atoms in total. The molecule has 0 fully saturated rings. The minimum absolute atomic E-state index is 0.153. The highest BCUT2D eigenvalue weighted by Gasteiger charge is 2.27. The molecule has 0 aliphatic carbocycles. The van der Waals surface area contributed by atoms with Gasteiger partial charge in [0.05, 0.1) is 19.0 Å². The summed E-state index contributed by atoms with van der Waals surface area (Å²) >= 11 is 0. The fraction of sp³-hybridized carbons (Fsp3) is 0.650. The van der Waals surface area contributed by atoms with E-state index in [0.717, 1.165) is 0 Å². The van der Waals surface area contributed by atoms with Crippen molar-refractivity contribution in [2.24, 2.45) is 17.2 Å². The van der Waals surface area contributed by atoms with Gasteiger partial charge in [-0.3, -0.25) is 28.8 Å². The van der Waals surface area contributed by atoms with Crippen LogP contribution >= 0.6 is 0 Å². The van der Waals surface area contributed by atoms with Crippen LogP contribution in [0.25, 0.3) is 0 Å². The highest BCUT2D eigenvalue weighted by Crippen LogP contribution is 2.03. The first-order chi connectivity index (χ1) is 16.8. The van der Waals surface area contributed by atoms with Crippen LogP contribution in [-0.2, 0) is 33.6 Å². The van der Waals surface area contributed by atoms with Crippen LogP contribution in [0.3, 0.4) is 0 Å². The zero-order chi connectivity index (χ0) is 27.8. The molecule has 0 rings (SSSR count). The molecule has 0 heterocycles. The molecule has 36 heavy (non-hydrogen) atoms. The van der Waals surface area contributed by atoms with Crippen LogP contribution in [0.15, 0.2) is 0 Å². The van der Waals surface area contributed by atoms with Gasteiger partial charge in [-0.25, -0.2) is 4.79 Å². The van der Waals surface area contributed by atoms with E-state index in [1.54, 1.807) is 0 Å². The minimum Gasteiger partial charge on any atom is -0.481 e.